The van der Waals surface area contributed by atoms with Crippen molar-refractivity contribution in [3.8, 4) is 5.88 Å². The lowest BCUT2D eigenvalue weighted by Crippen LogP contribution is -2.31. The minimum absolute atomic E-state index is 0.478. The van der Waals surface area contributed by atoms with E-state index in [1.807, 2.05) is 12.1 Å². The average molecular weight is 287 g/mol. The van der Waals surface area contributed by atoms with Gasteiger partial charge in [0.1, 0.15) is 0 Å². The van der Waals surface area contributed by atoms with Crippen LogP contribution in [0.15, 0.2) is 18.3 Å². The summed E-state index contributed by atoms with van der Waals surface area (Å²) in [4.78, 5) is 6.47. The molecule has 4 heteroatoms. The van der Waals surface area contributed by atoms with Crippen LogP contribution in [0.2, 0.25) is 0 Å². The number of alkyl halides is 1. The molecule has 0 aliphatic heterocycles. The van der Waals surface area contributed by atoms with Crippen molar-refractivity contribution in [3.63, 3.8) is 0 Å². The second-order valence-corrected chi connectivity index (χ2v) is 4.68. The summed E-state index contributed by atoms with van der Waals surface area (Å²) in [7, 11) is 1.64. The Hall–Kier alpha value is -0.770. The van der Waals surface area contributed by atoms with Gasteiger partial charge in [-0.2, -0.15) is 0 Å². The van der Waals surface area contributed by atoms with Crippen molar-refractivity contribution in [2.24, 2.45) is 0 Å². The molecule has 0 atom stereocenters. The van der Waals surface area contributed by atoms with Gasteiger partial charge in [-0.3, -0.25) is 0 Å². The third-order valence-corrected chi connectivity index (χ3v) is 2.98. The van der Waals surface area contributed by atoms with Gasteiger partial charge in [-0.05, 0) is 26.3 Å². The lowest BCUT2D eigenvalue weighted by Gasteiger charge is -2.28. The van der Waals surface area contributed by atoms with E-state index in [0.717, 1.165) is 18.3 Å². The number of nitrogens with zero attached hydrogens (tertiary/aromatic N) is 2. The first-order chi connectivity index (χ1) is 7.69. The molecule has 1 aromatic heterocycles. The van der Waals surface area contributed by atoms with E-state index in [2.05, 4.69) is 39.7 Å². The molecule has 0 aliphatic carbocycles. The average Bonchev–Trinajstić information content (AvgIpc) is 2.29. The number of anilines is 1. The van der Waals surface area contributed by atoms with Crippen molar-refractivity contribution in [2.75, 3.05) is 23.9 Å². The fourth-order valence-corrected chi connectivity index (χ4v) is 1.86. The molecule has 0 fully saturated rings. The van der Waals surface area contributed by atoms with E-state index in [4.69, 9.17) is 4.74 Å². The van der Waals surface area contributed by atoms with Crippen LogP contribution >= 0.6 is 15.9 Å². The summed E-state index contributed by atoms with van der Waals surface area (Å²) < 4.78 is 5.14. The molecule has 3 nitrogen and oxygen atoms in total. The summed E-state index contributed by atoms with van der Waals surface area (Å²) in [5, 5.41) is 1.03. The fraction of sp³-hybridized carbons (Fsp3) is 0.583. The predicted molar refractivity (Wildman–Crippen MR) is 71.7 cm³/mol. The minimum Gasteiger partial charge on any atom is -0.481 e. The van der Waals surface area contributed by atoms with Gasteiger partial charge < -0.3 is 9.64 Å². The third-order valence-electron chi connectivity index (χ3n) is 2.42. The first kappa shape index (κ1) is 13.3. The molecular weight excluding hydrogens is 268 g/mol. The highest BCUT2D eigenvalue weighted by atomic mass is 79.9. The number of hydrogen-bond donors (Lipinski definition) is 0. The van der Waals surface area contributed by atoms with Gasteiger partial charge in [-0.25, -0.2) is 4.98 Å². The van der Waals surface area contributed by atoms with Crippen LogP contribution in [0.25, 0.3) is 0 Å². The first-order valence-electron chi connectivity index (χ1n) is 5.51. The fourth-order valence-electron chi connectivity index (χ4n) is 1.60. The Labute approximate surface area is 106 Å². The summed E-state index contributed by atoms with van der Waals surface area (Å²) in [6.07, 6.45) is 2.92. The number of methoxy groups -OCH3 is 1. The van der Waals surface area contributed by atoms with E-state index in [-0.39, 0.29) is 0 Å². The molecule has 0 unspecified atom stereocenters. The molecule has 1 heterocycles. The van der Waals surface area contributed by atoms with Crippen molar-refractivity contribution < 1.29 is 4.74 Å². The summed E-state index contributed by atoms with van der Waals surface area (Å²) >= 11 is 3.46. The van der Waals surface area contributed by atoms with Crippen molar-refractivity contribution in [1.29, 1.82) is 0 Å². The number of halogens is 1. The van der Waals surface area contributed by atoms with Crippen molar-refractivity contribution in [1.82, 2.24) is 4.98 Å². The Bertz CT molecular complexity index is 318. The third kappa shape index (κ3) is 3.67. The highest BCUT2D eigenvalue weighted by Gasteiger charge is 2.10. The van der Waals surface area contributed by atoms with E-state index < -0.39 is 0 Å². The van der Waals surface area contributed by atoms with E-state index >= 15 is 0 Å². The molecule has 16 heavy (non-hydrogen) atoms. The normalized spacial score (nSPS) is 10.6. The molecule has 0 N–H and O–H groups in total. The van der Waals surface area contributed by atoms with Gasteiger partial charge in [0.15, 0.2) is 0 Å². The summed E-state index contributed by atoms with van der Waals surface area (Å²) in [5.41, 5.74) is 1.17. The second-order valence-electron chi connectivity index (χ2n) is 3.89. The van der Waals surface area contributed by atoms with Crippen molar-refractivity contribution in [3.05, 3.63) is 18.3 Å². The summed E-state index contributed by atoms with van der Waals surface area (Å²) in [5.74, 6) is 0.669. The van der Waals surface area contributed by atoms with Crippen LogP contribution in [0.4, 0.5) is 5.69 Å². The Kier molecular flexibility index (Phi) is 5.60. The highest BCUT2D eigenvalue weighted by Crippen LogP contribution is 2.21. The minimum atomic E-state index is 0.478. The molecule has 0 spiro atoms. The highest BCUT2D eigenvalue weighted by molar-refractivity contribution is 9.09. The van der Waals surface area contributed by atoms with Crippen LogP contribution in [-0.4, -0.2) is 30.0 Å². The van der Waals surface area contributed by atoms with Crippen LogP contribution in [0.3, 0.4) is 0 Å². The molecule has 1 aromatic rings. The molecular formula is C12H19BrN2O. The maximum Gasteiger partial charge on any atom is 0.214 e. The number of ether oxygens (including phenoxy) is 1. The smallest absolute Gasteiger partial charge is 0.214 e. The summed E-state index contributed by atoms with van der Waals surface area (Å²) in [6.45, 7) is 5.43. The zero-order valence-corrected chi connectivity index (χ0v) is 11.7. The largest absolute Gasteiger partial charge is 0.481 e. The summed E-state index contributed by atoms with van der Waals surface area (Å²) in [6, 6.07) is 4.48. The Balaban J connectivity index is 2.82. The van der Waals surface area contributed by atoms with Crippen LogP contribution in [0, 0.1) is 0 Å². The van der Waals surface area contributed by atoms with Crippen LogP contribution in [0.1, 0.15) is 20.3 Å². The topological polar surface area (TPSA) is 25.4 Å². The molecule has 1 rings (SSSR count). The van der Waals surface area contributed by atoms with Gasteiger partial charge in [0, 0.05) is 35.9 Å². The predicted octanol–water partition coefficient (Wildman–Crippen LogP) is 3.09. The molecule has 90 valence electrons. The molecule has 0 aliphatic rings. The van der Waals surface area contributed by atoms with Gasteiger partial charge in [0.25, 0.3) is 0 Å². The molecule has 0 saturated carbocycles. The van der Waals surface area contributed by atoms with Gasteiger partial charge in [-0.1, -0.05) is 15.9 Å². The van der Waals surface area contributed by atoms with E-state index in [0.29, 0.717) is 11.9 Å². The van der Waals surface area contributed by atoms with E-state index in [9.17, 15) is 0 Å². The number of pyridine rings is 1. The van der Waals surface area contributed by atoms with Crippen LogP contribution in [-0.2, 0) is 0 Å². The Morgan fingerprint density at radius 2 is 2.25 bits per heavy atom. The zero-order chi connectivity index (χ0) is 12.0. The number of rotatable bonds is 6. The molecule has 0 amide bonds. The van der Waals surface area contributed by atoms with Gasteiger partial charge >= 0.3 is 0 Å². The molecule has 0 aromatic carbocycles. The Morgan fingerprint density at radius 1 is 1.50 bits per heavy atom. The van der Waals surface area contributed by atoms with E-state index in [1.165, 1.54) is 5.69 Å². The lowest BCUT2D eigenvalue weighted by molar-refractivity contribution is 0.397. The molecule has 0 bridgehead atoms. The number of aromatic nitrogens is 1. The number of hydrogen-bond acceptors (Lipinski definition) is 3. The van der Waals surface area contributed by atoms with Crippen molar-refractivity contribution in [2.45, 2.75) is 26.3 Å². The van der Waals surface area contributed by atoms with Gasteiger partial charge in [-0.15, -0.1) is 0 Å². The van der Waals surface area contributed by atoms with Crippen LogP contribution < -0.4 is 9.64 Å². The Morgan fingerprint density at radius 3 is 2.81 bits per heavy atom. The van der Waals surface area contributed by atoms with Gasteiger partial charge in [0.05, 0.1) is 7.11 Å². The standard InChI is InChI=1S/C12H19BrN2O/c1-10(2)15(8-4-6-13)11-5-7-14-12(9-11)16-3/h5,7,9-10H,4,6,8H2,1-3H3. The monoisotopic (exact) mass is 286 g/mol. The van der Waals surface area contributed by atoms with Gasteiger partial charge in [0.2, 0.25) is 5.88 Å². The molecule has 0 saturated heterocycles. The van der Waals surface area contributed by atoms with Crippen molar-refractivity contribution >= 4 is 21.6 Å². The lowest BCUT2D eigenvalue weighted by atomic mass is 10.2. The maximum atomic E-state index is 5.14. The van der Waals surface area contributed by atoms with E-state index in [1.54, 1.807) is 13.3 Å². The van der Waals surface area contributed by atoms with Crippen LogP contribution in [0.5, 0.6) is 5.88 Å². The first-order valence-corrected chi connectivity index (χ1v) is 6.64. The SMILES string of the molecule is COc1cc(N(CCCBr)C(C)C)ccn1. The second kappa shape index (κ2) is 6.74. The quantitative estimate of drug-likeness (QED) is 0.752. The zero-order valence-electron chi connectivity index (χ0n) is 10.1. The molecule has 0 radical (unpaired) electrons. The maximum absolute atomic E-state index is 5.14.